The minimum absolute atomic E-state index is 0.0417. The van der Waals surface area contributed by atoms with Crippen LogP contribution in [-0.4, -0.2) is 17.0 Å². The third-order valence-corrected chi connectivity index (χ3v) is 5.53. The summed E-state index contributed by atoms with van der Waals surface area (Å²) >= 11 is 0. The summed E-state index contributed by atoms with van der Waals surface area (Å²) in [6, 6.07) is 0. The van der Waals surface area contributed by atoms with Crippen molar-refractivity contribution in [2.24, 2.45) is 41.4 Å². The maximum Gasteiger partial charge on any atom is 0.142 e. The molecule has 0 saturated heterocycles. The van der Waals surface area contributed by atoms with Crippen LogP contribution in [0.4, 0.5) is 0 Å². The molecule has 6 unspecified atom stereocenters. The van der Waals surface area contributed by atoms with E-state index in [0.717, 1.165) is 0 Å². The molecule has 2 heteroatoms. The van der Waals surface area contributed by atoms with Crippen molar-refractivity contribution in [1.82, 2.24) is 0 Å². The monoisotopic (exact) mass is 178 g/mol. The van der Waals surface area contributed by atoms with Crippen molar-refractivity contribution >= 4 is 5.78 Å². The number of aliphatic hydroxyl groups excluding tert-OH is 1. The number of Topliss-reactive ketones (excluding diaryl/α,β-unsaturated/α-hetero) is 1. The molecule has 2 nitrogen and oxygen atoms in total. The lowest BCUT2D eigenvalue weighted by molar-refractivity contribution is -0.135. The Morgan fingerprint density at radius 1 is 1.23 bits per heavy atom. The van der Waals surface area contributed by atoms with Gasteiger partial charge in [0.25, 0.3) is 0 Å². The summed E-state index contributed by atoms with van der Waals surface area (Å²) < 4.78 is 0. The van der Waals surface area contributed by atoms with Crippen LogP contribution < -0.4 is 0 Å². The highest BCUT2D eigenvalue weighted by Crippen LogP contribution is 2.72. The van der Waals surface area contributed by atoms with Crippen LogP contribution in [-0.2, 0) is 4.79 Å². The van der Waals surface area contributed by atoms with Crippen LogP contribution in [0.5, 0.6) is 0 Å². The molecule has 0 heterocycles. The van der Waals surface area contributed by atoms with E-state index in [4.69, 9.17) is 0 Å². The van der Waals surface area contributed by atoms with Gasteiger partial charge in [0.05, 0.1) is 6.10 Å². The summed E-state index contributed by atoms with van der Waals surface area (Å²) in [5.74, 6) is 3.74. The SMILES string of the molecule is C[C@H]1C2CC3C1C1C(=O)C2[C@@H](O)C31. The number of hydrogen-bond acceptors (Lipinski definition) is 2. The molecule has 5 aliphatic rings. The van der Waals surface area contributed by atoms with Crippen molar-refractivity contribution < 1.29 is 9.90 Å². The summed E-state index contributed by atoms with van der Waals surface area (Å²) in [6.07, 6.45) is 0.975. The van der Waals surface area contributed by atoms with Gasteiger partial charge in [-0.1, -0.05) is 6.92 Å². The number of carbonyl (C=O) groups excluding carboxylic acids is 1. The van der Waals surface area contributed by atoms with E-state index in [9.17, 15) is 9.90 Å². The van der Waals surface area contributed by atoms with Crippen LogP contribution in [0.1, 0.15) is 13.3 Å². The Morgan fingerprint density at radius 2 is 2.00 bits per heavy atom. The molecule has 8 atom stereocenters. The first-order chi connectivity index (χ1) is 6.22. The van der Waals surface area contributed by atoms with Crippen molar-refractivity contribution in [3.8, 4) is 0 Å². The van der Waals surface area contributed by atoms with Gasteiger partial charge in [0.1, 0.15) is 5.78 Å². The molecule has 0 spiro atoms. The lowest BCUT2D eigenvalue weighted by Gasteiger charge is -2.46. The fourth-order valence-corrected chi connectivity index (χ4v) is 5.16. The Hall–Kier alpha value is -0.370. The second-order valence-corrected chi connectivity index (χ2v) is 5.52. The standard InChI is InChI=1S/C11H14O2/c1-3-4-2-5-6(3)9-7(5)10(12)8(4)11(9)13/h3-10,12H,2H2,1H3/t3-,4?,5?,6?,7?,8?,9?,10-/m0/s1. The molecule has 0 aromatic heterocycles. The number of ketones is 1. The third-order valence-electron chi connectivity index (χ3n) is 5.53. The first-order valence-corrected chi connectivity index (χ1v) is 5.43. The molecule has 1 N–H and O–H groups in total. The quantitative estimate of drug-likeness (QED) is 0.592. The van der Waals surface area contributed by atoms with Crippen LogP contribution in [0.2, 0.25) is 0 Å². The molecule has 0 aliphatic heterocycles. The first-order valence-electron chi connectivity index (χ1n) is 5.43. The largest absolute Gasteiger partial charge is 0.392 e. The second-order valence-electron chi connectivity index (χ2n) is 5.52. The van der Waals surface area contributed by atoms with Crippen LogP contribution in [0.25, 0.3) is 0 Å². The number of carbonyl (C=O) groups is 1. The molecule has 6 bridgehead atoms. The van der Waals surface area contributed by atoms with E-state index < -0.39 is 0 Å². The predicted octanol–water partition coefficient (Wildman–Crippen LogP) is 0.694. The highest BCUT2D eigenvalue weighted by molar-refractivity contribution is 5.90. The van der Waals surface area contributed by atoms with Gasteiger partial charge >= 0.3 is 0 Å². The Morgan fingerprint density at radius 3 is 2.77 bits per heavy atom. The summed E-state index contributed by atoms with van der Waals surface area (Å²) in [7, 11) is 0. The van der Waals surface area contributed by atoms with E-state index in [1.54, 1.807) is 0 Å². The maximum atomic E-state index is 11.9. The van der Waals surface area contributed by atoms with Crippen LogP contribution in [0, 0.1) is 41.4 Å². The summed E-state index contributed by atoms with van der Waals surface area (Å²) in [5.41, 5.74) is 0. The van der Waals surface area contributed by atoms with Crippen molar-refractivity contribution in [2.45, 2.75) is 19.4 Å². The molecule has 0 aromatic rings. The van der Waals surface area contributed by atoms with Gasteiger partial charge in [-0.25, -0.2) is 0 Å². The first kappa shape index (κ1) is 6.99. The third kappa shape index (κ3) is 0.475. The number of aliphatic hydroxyl groups is 1. The molecule has 13 heavy (non-hydrogen) atoms. The van der Waals surface area contributed by atoms with Crippen molar-refractivity contribution in [2.75, 3.05) is 0 Å². The Bertz CT molecular complexity index is 305. The molecule has 0 radical (unpaired) electrons. The molecule has 5 fully saturated rings. The van der Waals surface area contributed by atoms with Crippen LogP contribution in [0.3, 0.4) is 0 Å². The van der Waals surface area contributed by atoms with E-state index in [1.165, 1.54) is 6.42 Å². The van der Waals surface area contributed by atoms with E-state index >= 15 is 0 Å². The zero-order valence-electron chi connectivity index (χ0n) is 7.68. The average Bonchev–Trinajstić information content (AvgIpc) is 2.30. The van der Waals surface area contributed by atoms with Gasteiger partial charge in [0.2, 0.25) is 0 Å². The molecular weight excluding hydrogens is 164 g/mol. The van der Waals surface area contributed by atoms with Gasteiger partial charge < -0.3 is 5.11 Å². The highest BCUT2D eigenvalue weighted by atomic mass is 16.3. The van der Waals surface area contributed by atoms with Gasteiger partial charge in [-0.05, 0) is 36.0 Å². The van der Waals surface area contributed by atoms with Crippen molar-refractivity contribution in [3.63, 3.8) is 0 Å². The molecule has 5 aliphatic carbocycles. The van der Waals surface area contributed by atoms with Gasteiger partial charge in [-0.3, -0.25) is 4.79 Å². The maximum absolute atomic E-state index is 11.9. The van der Waals surface area contributed by atoms with Crippen molar-refractivity contribution in [1.29, 1.82) is 0 Å². The second kappa shape index (κ2) is 1.72. The molecule has 0 aromatic carbocycles. The van der Waals surface area contributed by atoms with Crippen molar-refractivity contribution in [3.05, 3.63) is 0 Å². The van der Waals surface area contributed by atoms with E-state index in [2.05, 4.69) is 6.92 Å². The normalized spacial score (nSPS) is 71.7. The lowest BCUT2D eigenvalue weighted by atomic mass is 9.57. The molecule has 5 saturated carbocycles. The van der Waals surface area contributed by atoms with Gasteiger partial charge in [0.15, 0.2) is 0 Å². The molecule has 5 rings (SSSR count). The fraction of sp³-hybridized carbons (Fsp3) is 0.909. The predicted molar refractivity (Wildman–Crippen MR) is 45.7 cm³/mol. The topological polar surface area (TPSA) is 37.3 Å². The van der Waals surface area contributed by atoms with E-state index in [0.29, 0.717) is 35.4 Å². The van der Waals surface area contributed by atoms with Gasteiger partial charge in [-0.2, -0.15) is 0 Å². The van der Waals surface area contributed by atoms with E-state index in [1.807, 2.05) is 0 Å². The van der Waals surface area contributed by atoms with Gasteiger partial charge in [-0.15, -0.1) is 0 Å². The summed E-state index contributed by atoms with van der Waals surface area (Å²) in [5, 5.41) is 9.97. The fourth-order valence-electron chi connectivity index (χ4n) is 5.16. The molecular formula is C11H14O2. The smallest absolute Gasteiger partial charge is 0.142 e. The Balaban J connectivity index is 1.93. The Kier molecular flexibility index (Phi) is 0.926. The van der Waals surface area contributed by atoms with Gasteiger partial charge in [0, 0.05) is 11.8 Å². The number of hydrogen-bond donors (Lipinski definition) is 1. The average molecular weight is 178 g/mol. The van der Waals surface area contributed by atoms with Crippen LogP contribution >= 0.6 is 0 Å². The van der Waals surface area contributed by atoms with Crippen LogP contribution in [0.15, 0.2) is 0 Å². The summed E-state index contributed by atoms with van der Waals surface area (Å²) in [6.45, 7) is 2.29. The molecule has 0 amide bonds. The molecule has 70 valence electrons. The number of rotatable bonds is 0. The zero-order valence-corrected chi connectivity index (χ0v) is 7.68. The zero-order chi connectivity index (χ0) is 8.90. The highest BCUT2D eigenvalue weighted by Gasteiger charge is 2.75. The minimum atomic E-state index is -0.262. The Labute approximate surface area is 77.3 Å². The summed E-state index contributed by atoms with van der Waals surface area (Å²) in [4.78, 5) is 11.9. The van der Waals surface area contributed by atoms with E-state index in [-0.39, 0.29) is 17.9 Å². The lowest BCUT2D eigenvalue weighted by Crippen LogP contribution is -2.48. The minimum Gasteiger partial charge on any atom is -0.392 e.